The van der Waals surface area contributed by atoms with Crippen LogP contribution in [0.2, 0.25) is 0 Å². The quantitative estimate of drug-likeness (QED) is 0.715. The molecule has 0 aliphatic carbocycles. The van der Waals surface area contributed by atoms with Crippen LogP contribution in [0.3, 0.4) is 0 Å². The van der Waals surface area contributed by atoms with Gasteiger partial charge in [0.25, 0.3) is 0 Å². The van der Waals surface area contributed by atoms with Crippen molar-refractivity contribution < 1.29 is 4.74 Å². The molecule has 0 aliphatic rings. The smallest absolute Gasteiger partial charge is 0.244 e. The van der Waals surface area contributed by atoms with Crippen LogP contribution in [0.5, 0.6) is 5.75 Å². The van der Waals surface area contributed by atoms with E-state index in [-0.39, 0.29) is 0 Å². The molecule has 0 saturated carbocycles. The molecule has 0 radical (unpaired) electrons. The second-order valence-corrected chi connectivity index (χ2v) is 5.52. The van der Waals surface area contributed by atoms with Crippen LogP contribution in [-0.4, -0.2) is 35.9 Å². The molecule has 6 nitrogen and oxygen atoms in total. The van der Waals surface area contributed by atoms with Gasteiger partial charge in [0.15, 0.2) is 5.82 Å². The summed E-state index contributed by atoms with van der Waals surface area (Å²) in [7, 11) is 3.64. The molecular formula is C19H21N5O. The molecule has 0 atom stereocenters. The van der Waals surface area contributed by atoms with Gasteiger partial charge in [0.05, 0.1) is 13.3 Å². The van der Waals surface area contributed by atoms with Crippen molar-refractivity contribution in [2.45, 2.75) is 6.42 Å². The first-order valence-electron chi connectivity index (χ1n) is 8.12. The van der Waals surface area contributed by atoms with Crippen LogP contribution < -0.4 is 15.0 Å². The Labute approximate surface area is 147 Å². The summed E-state index contributed by atoms with van der Waals surface area (Å²) in [5.74, 6) is 2.14. The van der Waals surface area contributed by atoms with E-state index in [1.165, 1.54) is 0 Å². The molecule has 3 aromatic rings. The van der Waals surface area contributed by atoms with E-state index in [2.05, 4.69) is 26.6 Å². The molecular weight excluding hydrogens is 314 g/mol. The first kappa shape index (κ1) is 16.7. The third-order valence-corrected chi connectivity index (χ3v) is 3.90. The average molecular weight is 335 g/mol. The number of anilines is 3. The molecule has 2 aromatic carbocycles. The predicted molar refractivity (Wildman–Crippen MR) is 99.5 cm³/mol. The van der Waals surface area contributed by atoms with Crippen molar-refractivity contribution in [1.29, 1.82) is 0 Å². The number of hydrogen-bond donors (Lipinski definition) is 1. The SMILES string of the molecule is COc1ccccc1CCNc1nncc(N(C)c2ccccc2)n1. The molecule has 0 spiro atoms. The van der Waals surface area contributed by atoms with Crippen molar-refractivity contribution in [3.63, 3.8) is 0 Å². The van der Waals surface area contributed by atoms with Gasteiger partial charge in [-0.05, 0) is 30.2 Å². The number of rotatable bonds is 7. The van der Waals surface area contributed by atoms with E-state index >= 15 is 0 Å². The maximum atomic E-state index is 5.37. The Kier molecular flexibility index (Phi) is 5.41. The van der Waals surface area contributed by atoms with Crippen LogP contribution in [-0.2, 0) is 6.42 Å². The molecule has 0 bridgehead atoms. The van der Waals surface area contributed by atoms with Crippen molar-refractivity contribution in [2.24, 2.45) is 0 Å². The molecule has 1 heterocycles. The molecule has 6 heteroatoms. The van der Waals surface area contributed by atoms with Gasteiger partial charge in [0.2, 0.25) is 5.95 Å². The monoisotopic (exact) mass is 335 g/mol. The highest BCUT2D eigenvalue weighted by atomic mass is 16.5. The van der Waals surface area contributed by atoms with Crippen LogP contribution in [0.15, 0.2) is 60.8 Å². The van der Waals surface area contributed by atoms with E-state index in [9.17, 15) is 0 Å². The van der Waals surface area contributed by atoms with Gasteiger partial charge in [0, 0.05) is 19.3 Å². The Morgan fingerprint density at radius 2 is 1.80 bits per heavy atom. The van der Waals surface area contributed by atoms with Gasteiger partial charge in [-0.2, -0.15) is 10.1 Å². The lowest BCUT2D eigenvalue weighted by molar-refractivity contribution is 0.410. The predicted octanol–water partition coefficient (Wildman–Crippen LogP) is 3.30. The van der Waals surface area contributed by atoms with E-state index in [0.717, 1.165) is 29.2 Å². The number of nitrogens with one attached hydrogen (secondary N) is 1. The van der Waals surface area contributed by atoms with E-state index in [4.69, 9.17) is 4.74 Å². The maximum Gasteiger partial charge on any atom is 0.244 e. The Morgan fingerprint density at radius 1 is 1.04 bits per heavy atom. The highest BCUT2D eigenvalue weighted by molar-refractivity contribution is 5.58. The molecule has 3 rings (SSSR count). The van der Waals surface area contributed by atoms with Crippen molar-refractivity contribution in [2.75, 3.05) is 30.9 Å². The molecule has 0 amide bonds. The molecule has 128 valence electrons. The fourth-order valence-electron chi connectivity index (χ4n) is 2.53. The van der Waals surface area contributed by atoms with E-state index in [1.54, 1.807) is 13.3 Å². The summed E-state index contributed by atoms with van der Waals surface area (Å²) in [5, 5.41) is 11.3. The van der Waals surface area contributed by atoms with Gasteiger partial charge in [0.1, 0.15) is 5.75 Å². The topological polar surface area (TPSA) is 63.2 Å². The number of hydrogen-bond acceptors (Lipinski definition) is 6. The first-order valence-corrected chi connectivity index (χ1v) is 8.12. The Balaban J connectivity index is 1.64. The summed E-state index contributed by atoms with van der Waals surface area (Å²) in [6, 6.07) is 18.0. The fourth-order valence-corrected chi connectivity index (χ4v) is 2.53. The van der Waals surface area contributed by atoms with Crippen molar-refractivity contribution in [1.82, 2.24) is 15.2 Å². The summed E-state index contributed by atoms with van der Waals surface area (Å²) < 4.78 is 5.37. The number of aromatic nitrogens is 3. The zero-order valence-corrected chi connectivity index (χ0v) is 14.4. The van der Waals surface area contributed by atoms with Gasteiger partial charge >= 0.3 is 0 Å². The van der Waals surface area contributed by atoms with E-state index in [0.29, 0.717) is 12.5 Å². The summed E-state index contributed by atoms with van der Waals surface area (Å²) in [4.78, 5) is 6.51. The number of nitrogens with zero attached hydrogens (tertiary/aromatic N) is 4. The maximum absolute atomic E-state index is 5.37. The molecule has 1 aromatic heterocycles. The number of para-hydroxylation sites is 2. The van der Waals surface area contributed by atoms with Gasteiger partial charge in [-0.3, -0.25) is 0 Å². The lowest BCUT2D eigenvalue weighted by Crippen LogP contribution is -2.15. The minimum absolute atomic E-state index is 0.509. The largest absolute Gasteiger partial charge is 0.496 e. The third-order valence-electron chi connectivity index (χ3n) is 3.90. The van der Waals surface area contributed by atoms with Crippen molar-refractivity contribution >= 4 is 17.5 Å². The third kappa shape index (κ3) is 4.23. The first-order chi connectivity index (χ1) is 12.3. The Hall–Kier alpha value is -3.15. The zero-order valence-electron chi connectivity index (χ0n) is 14.4. The summed E-state index contributed by atoms with van der Waals surface area (Å²) in [5.41, 5.74) is 2.19. The Morgan fingerprint density at radius 3 is 2.60 bits per heavy atom. The van der Waals surface area contributed by atoms with Crippen LogP contribution in [0.25, 0.3) is 0 Å². The highest BCUT2D eigenvalue weighted by Gasteiger charge is 2.08. The van der Waals surface area contributed by atoms with Crippen molar-refractivity contribution in [3.05, 3.63) is 66.4 Å². The van der Waals surface area contributed by atoms with Gasteiger partial charge in [-0.15, -0.1) is 5.10 Å². The highest BCUT2D eigenvalue weighted by Crippen LogP contribution is 2.21. The van der Waals surface area contributed by atoms with E-state index in [1.807, 2.05) is 60.5 Å². The zero-order chi connectivity index (χ0) is 17.5. The second kappa shape index (κ2) is 8.10. The molecule has 25 heavy (non-hydrogen) atoms. The minimum Gasteiger partial charge on any atom is -0.496 e. The number of ether oxygens (including phenoxy) is 1. The normalized spacial score (nSPS) is 10.3. The van der Waals surface area contributed by atoms with Gasteiger partial charge in [-0.25, -0.2) is 0 Å². The minimum atomic E-state index is 0.509. The lowest BCUT2D eigenvalue weighted by atomic mass is 10.1. The van der Waals surface area contributed by atoms with Gasteiger partial charge < -0.3 is 15.0 Å². The summed E-state index contributed by atoms with van der Waals surface area (Å²) in [6.07, 6.45) is 2.46. The van der Waals surface area contributed by atoms with Crippen LogP contribution in [0.4, 0.5) is 17.5 Å². The van der Waals surface area contributed by atoms with Gasteiger partial charge in [-0.1, -0.05) is 36.4 Å². The fraction of sp³-hybridized carbons (Fsp3) is 0.211. The van der Waals surface area contributed by atoms with E-state index < -0.39 is 0 Å². The molecule has 1 N–H and O–H groups in total. The standard InChI is InChI=1S/C19H21N5O/c1-24(16-9-4-3-5-10-16)18-14-21-23-19(22-18)20-13-12-15-8-6-7-11-17(15)25-2/h3-11,14H,12-13H2,1-2H3,(H,20,22,23). The molecule has 0 saturated heterocycles. The summed E-state index contributed by atoms with van der Waals surface area (Å²) in [6.45, 7) is 0.695. The molecule has 0 unspecified atom stereocenters. The molecule has 0 aliphatic heterocycles. The van der Waals surface area contributed by atoms with Crippen LogP contribution in [0.1, 0.15) is 5.56 Å². The molecule has 0 fully saturated rings. The number of benzene rings is 2. The second-order valence-electron chi connectivity index (χ2n) is 5.52. The van der Waals surface area contributed by atoms with Crippen LogP contribution >= 0.6 is 0 Å². The Bertz CT molecular complexity index is 810. The number of methoxy groups -OCH3 is 1. The summed E-state index contributed by atoms with van der Waals surface area (Å²) >= 11 is 0. The van der Waals surface area contributed by atoms with Crippen molar-refractivity contribution in [3.8, 4) is 5.75 Å². The van der Waals surface area contributed by atoms with Crippen LogP contribution in [0, 0.1) is 0 Å². The average Bonchev–Trinajstić information content (AvgIpc) is 2.69. The lowest BCUT2D eigenvalue weighted by Gasteiger charge is -2.18.